The molecule has 0 unspecified atom stereocenters. The van der Waals surface area contributed by atoms with Crippen molar-refractivity contribution in [2.45, 2.75) is 18.4 Å². The molecule has 0 fully saturated rings. The van der Waals surface area contributed by atoms with Crippen LogP contribution in [0.2, 0.25) is 0 Å². The maximum absolute atomic E-state index is 10.3. The van der Waals surface area contributed by atoms with Crippen LogP contribution in [0.4, 0.5) is 0 Å². The molecule has 0 amide bonds. The molecule has 0 heterocycles. The van der Waals surface area contributed by atoms with Crippen LogP contribution in [0.15, 0.2) is 0 Å². The summed E-state index contributed by atoms with van der Waals surface area (Å²) in [5, 5.41) is 34.5. The number of aliphatic carboxylic acids is 2. The van der Waals surface area contributed by atoms with Crippen molar-refractivity contribution in [3.63, 3.8) is 0 Å². The summed E-state index contributed by atoms with van der Waals surface area (Å²) in [6.07, 6.45) is -1.60. The number of aliphatic hydroxyl groups excluding tert-OH is 1. The molecule has 0 saturated carbocycles. The van der Waals surface area contributed by atoms with Gasteiger partial charge >= 0.3 is 11.9 Å². The molecule has 0 aliphatic carbocycles. The molecule has 14 heavy (non-hydrogen) atoms. The summed E-state index contributed by atoms with van der Waals surface area (Å²) in [6.45, 7) is -0.568. The van der Waals surface area contributed by atoms with Crippen LogP contribution in [-0.2, 0) is 9.59 Å². The minimum absolute atomic E-state index is 0.568. The van der Waals surface area contributed by atoms with Crippen molar-refractivity contribution in [3.05, 3.63) is 0 Å². The summed E-state index contributed by atoms with van der Waals surface area (Å²) in [7, 11) is 0. The Morgan fingerprint density at radius 2 is 1.57 bits per heavy atom. The van der Waals surface area contributed by atoms with E-state index in [0.29, 0.717) is 0 Å². The number of hydrogen-bond acceptors (Lipinski definition) is 4. The standard InChI is InChI=1S/C8H10O6/c9-3-1-2-8(14,4-6(10)11)5-7(12)13/h9,14H,3-5H2,(H,10,11)(H,12,13). The molecule has 0 rings (SSSR count). The summed E-state index contributed by atoms with van der Waals surface area (Å²) in [5.41, 5.74) is -2.12. The first-order chi connectivity index (χ1) is 6.39. The molecule has 0 aromatic rings. The molecule has 4 N–H and O–H groups in total. The zero-order valence-corrected chi connectivity index (χ0v) is 7.23. The van der Waals surface area contributed by atoms with Gasteiger partial charge in [0.25, 0.3) is 0 Å². The molecule has 0 aromatic heterocycles. The Balaban J connectivity index is 4.65. The molecule has 0 spiro atoms. The molecule has 78 valence electrons. The van der Waals surface area contributed by atoms with Crippen molar-refractivity contribution >= 4 is 11.9 Å². The van der Waals surface area contributed by atoms with Gasteiger partial charge in [0.2, 0.25) is 0 Å². The van der Waals surface area contributed by atoms with Crippen molar-refractivity contribution in [1.29, 1.82) is 0 Å². The quantitative estimate of drug-likeness (QED) is 0.419. The molecule has 6 nitrogen and oxygen atoms in total. The highest BCUT2D eigenvalue weighted by Gasteiger charge is 2.30. The molecule has 0 aromatic carbocycles. The van der Waals surface area contributed by atoms with Gasteiger partial charge in [0.05, 0.1) is 12.8 Å². The maximum Gasteiger partial charge on any atom is 0.307 e. The van der Waals surface area contributed by atoms with Gasteiger partial charge < -0.3 is 20.4 Å². The summed E-state index contributed by atoms with van der Waals surface area (Å²) in [5.74, 6) is 1.31. The first-order valence-corrected chi connectivity index (χ1v) is 3.66. The molecule has 0 saturated heterocycles. The normalized spacial score (nSPS) is 10.1. The van der Waals surface area contributed by atoms with Crippen molar-refractivity contribution in [1.82, 2.24) is 0 Å². The van der Waals surface area contributed by atoms with E-state index in [1.807, 2.05) is 11.8 Å². The fourth-order valence-electron chi connectivity index (χ4n) is 0.855. The zero-order valence-electron chi connectivity index (χ0n) is 7.23. The Morgan fingerprint density at radius 1 is 1.14 bits per heavy atom. The van der Waals surface area contributed by atoms with E-state index in [1.165, 1.54) is 0 Å². The van der Waals surface area contributed by atoms with E-state index in [1.54, 1.807) is 0 Å². The van der Waals surface area contributed by atoms with Gasteiger partial charge in [-0.05, 0) is 0 Å². The average Bonchev–Trinajstić information content (AvgIpc) is 1.97. The molecule has 0 aliphatic rings. The molecule has 0 bridgehead atoms. The third kappa shape index (κ3) is 5.13. The van der Waals surface area contributed by atoms with Gasteiger partial charge in [0.15, 0.2) is 0 Å². The van der Waals surface area contributed by atoms with Crippen LogP contribution in [0.3, 0.4) is 0 Å². The Morgan fingerprint density at radius 3 is 1.86 bits per heavy atom. The van der Waals surface area contributed by atoms with E-state index in [4.69, 9.17) is 15.3 Å². The van der Waals surface area contributed by atoms with Crippen LogP contribution in [0.5, 0.6) is 0 Å². The van der Waals surface area contributed by atoms with Crippen molar-refractivity contribution in [3.8, 4) is 11.8 Å². The Kier molecular flexibility index (Phi) is 4.63. The van der Waals surface area contributed by atoms with Gasteiger partial charge in [0, 0.05) is 0 Å². The minimum Gasteiger partial charge on any atom is -0.481 e. The summed E-state index contributed by atoms with van der Waals surface area (Å²) in [4.78, 5) is 20.6. The SMILES string of the molecule is O=C(O)CC(O)(C#CCO)CC(=O)O. The predicted molar refractivity (Wildman–Crippen MR) is 44.3 cm³/mol. The minimum atomic E-state index is -2.12. The maximum atomic E-state index is 10.3. The van der Waals surface area contributed by atoms with Crippen LogP contribution in [0.1, 0.15) is 12.8 Å². The second-order valence-electron chi connectivity index (χ2n) is 2.63. The highest BCUT2D eigenvalue weighted by Crippen LogP contribution is 2.14. The van der Waals surface area contributed by atoms with Crippen LogP contribution in [0.25, 0.3) is 0 Å². The van der Waals surface area contributed by atoms with E-state index in [-0.39, 0.29) is 0 Å². The Labute approximate surface area is 79.8 Å². The highest BCUT2D eigenvalue weighted by molar-refractivity contribution is 5.74. The fraction of sp³-hybridized carbons (Fsp3) is 0.500. The second kappa shape index (κ2) is 5.21. The zero-order chi connectivity index (χ0) is 11.2. The Hall–Kier alpha value is -1.58. The van der Waals surface area contributed by atoms with Gasteiger partial charge in [0.1, 0.15) is 12.2 Å². The van der Waals surface area contributed by atoms with Crippen LogP contribution >= 0.6 is 0 Å². The summed E-state index contributed by atoms with van der Waals surface area (Å²) >= 11 is 0. The van der Waals surface area contributed by atoms with E-state index in [9.17, 15) is 14.7 Å². The summed E-state index contributed by atoms with van der Waals surface area (Å²) in [6, 6.07) is 0. The van der Waals surface area contributed by atoms with Gasteiger partial charge in [-0.2, -0.15) is 0 Å². The lowest BCUT2D eigenvalue weighted by molar-refractivity contribution is -0.145. The van der Waals surface area contributed by atoms with Gasteiger partial charge in [-0.25, -0.2) is 0 Å². The molecule has 0 radical (unpaired) electrons. The van der Waals surface area contributed by atoms with Crippen LogP contribution in [0, 0.1) is 11.8 Å². The van der Waals surface area contributed by atoms with Gasteiger partial charge in [-0.1, -0.05) is 11.8 Å². The lowest BCUT2D eigenvalue weighted by atomic mass is 9.96. The van der Waals surface area contributed by atoms with E-state index in [0.717, 1.165) is 0 Å². The van der Waals surface area contributed by atoms with Gasteiger partial charge in [-0.15, -0.1) is 0 Å². The summed E-state index contributed by atoms with van der Waals surface area (Å²) < 4.78 is 0. The number of aliphatic hydroxyl groups is 2. The molecule has 6 heteroatoms. The number of hydrogen-bond donors (Lipinski definition) is 4. The fourth-order valence-corrected chi connectivity index (χ4v) is 0.855. The third-order valence-electron chi connectivity index (χ3n) is 1.29. The number of carbonyl (C=O) groups is 2. The first kappa shape index (κ1) is 12.4. The average molecular weight is 202 g/mol. The van der Waals surface area contributed by atoms with Crippen molar-refractivity contribution in [2.75, 3.05) is 6.61 Å². The van der Waals surface area contributed by atoms with Crippen molar-refractivity contribution in [2.24, 2.45) is 0 Å². The lowest BCUT2D eigenvalue weighted by Crippen LogP contribution is -2.33. The third-order valence-corrected chi connectivity index (χ3v) is 1.29. The van der Waals surface area contributed by atoms with E-state index in [2.05, 4.69) is 0 Å². The smallest absolute Gasteiger partial charge is 0.307 e. The van der Waals surface area contributed by atoms with Crippen LogP contribution < -0.4 is 0 Å². The number of rotatable bonds is 4. The highest BCUT2D eigenvalue weighted by atomic mass is 16.4. The largest absolute Gasteiger partial charge is 0.481 e. The number of carboxylic acid groups (broad SMARTS) is 2. The lowest BCUT2D eigenvalue weighted by Gasteiger charge is -2.17. The topological polar surface area (TPSA) is 115 Å². The molecular weight excluding hydrogens is 192 g/mol. The second-order valence-corrected chi connectivity index (χ2v) is 2.63. The van der Waals surface area contributed by atoms with E-state index >= 15 is 0 Å². The van der Waals surface area contributed by atoms with E-state index < -0.39 is 37.0 Å². The molecule has 0 aliphatic heterocycles. The van der Waals surface area contributed by atoms with Crippen LogP contribution in [-0.4, -0.2) is 44.6 Å². The molecular formula is C8H10O6. The predicted octanol–water partition coefficient (Wildman–Crippen LogP) is -1.34. The number of carboxylic acids is 2. The first-order valence-electron chi connectivity index (χ1n) is 3.66. The monoisotopic (exact) mass is 202 g/mol. The molecule has 0 atom stereocenters. The van der Waals surface area contributed by atoms with Crippen molar-refractivity contribution < 1.29 is 30.0 Å². The Bertz CT molecular complexity index is 268. The van der Waals surface area contributed by atoms with Gasteiger partial charge in [-0.3, -0.25) is 9.59 Å².